The lowest BCUT2D eigenvalue weighted by Crippen LogP contribution is -2.23. The molecule has 6 nitrogen and oxygen atoms in total. The number of hydrogen-bond acceptors (Lipinski definition) is 6. The average Bonchev–Trinajstić information content (AvgIpc) is 3.36. The molecule has 1 aromatic carbocycles. The van der Waals surface area contributed by atoms with E-state index < -0.39 is 5.97 Å². The summed E-state index contributed by atoms with van der Waals surface area (Å²) >= 11 is 1.54. The van der Waals surface area contributed by atoms with Crippen LogP contribution in [0.3, 0.4) is 0 Å². The first-order chi connectivity index (χ1) is 14.0. The van der Waals surface area contributed by atoms with Crippen molar-refractivity contribution >= 4 is 27.5 Å². The maximum absolute atomic E-state index is 13.3. The molecule has 0 aliphatic rings. The minimum atomic E-state index is -0.554. The number of methoxy groups -OCH3 is 1. The standard InChI is InChI=1S/C22H20N2O4S/c1-4-16-11-17-20(29-16)23-19(14-7-5-6-13(2)10-14)24(21(17)25)12-15-8-9-18(28-15)22(26)27-3/h5-11H,4,12H2,1-3H3. The Morgan fingerprint density at radius 1 is 1.24 bits per heavy atom. The summed E-state index contributed by atoms with van der Waals surface area (Å²) in [6.45, 7) is 4.22. The number of ether oxygens (including phenoxy) is 1. The lowest BCUT2D eigenvalue weighted by atomic mass is 10.1. The fourth-order valence-corrected chi connectivity index (χ4v) is 4.18. The van der Waals surface area contributed by atoms with Crippen LogP contribution in [0, 0.1) is 6.92 Å². The number of carbonyl (C=O) groups excluding carboxylic acids is 1. The van der Waals surface area contributed by atoms with E-state index in [1.807, 2.05) is 37.3 Å². The van der Waals surface area contributed by atoms with Gasteiger partial charge in [-0.3, -0.25) is 9.36 Å². The van der Waals surface area contributed by atoms with Crippen molar-refractivity contribution in [2.45, 2.75) is 26.8 Å². The van der Waals surface area contributed by atoms with Crippen molar-refractivity contribution in [3.05, 3.63) is 74.8 Å². The van der Waals surface area contributed by atoms with Gasteiger partial charge >= 0.3 is 5.97 Å². The van der Waals surface area contributed by atoms with Crippen LogP contribution in [-0.4, -0.2) is 22.6 Å². The number of nitrogens with zero attached hydrogens (tertiary/aromatic N) is 2. The Bertz CT molecular complexity index is 1270. The Labute approximate surface area is 171 Å². The number of carbonyl (C=O) groups is 1. The van der Waals surface area contributed by atoms with Gasteiger partial charge < -0.3 is 9.15 Å². The molecule has 0 aliphatic heterocycles. The van der Waals surface area contributed by atoms with Gasteiger partial charge in [-0.1, -0.05) is 30.7 Å². The van der Waals surface area contributed by atoms with E-state index in [-0.39, 0.29) is 17.9 Å². The minimum absolute atomic E-state index is 0.102. The van der Waals surface area contributed by atoms with Crippen molar-refractivity contribution in [1.29, 1.82) is 0 Å². The molecule has 4 rings (SSSR count). The average molecular weight is 408 g/mol. The molecule has 0 fully saturated rings. The molecule has 7 heteroatoms. The van der Waals surface area contributed by atoms with Crippen molar-refractivity contribution in [2.75, 3.05) is 7.11 Å². The van der Waals surface area contributed by atoms with E-state index in [4.69, 9.17) is 14.1 Å². The van der Waals surface area contributed by atoms with E-state index in [2.05, 4.69) is 6.92 Å². The van der Waals surface area contributed by atoms with Gasteiger partial charge in [0.05, 0.1) is 19.0 Å². The number of aryl methyl sites for hydroxylation is 2. The molecule has 0 aliphatic carbocycles. The van der Waals surface area contributed by atoms with Crippen molar-refractivity contribution in [1.82, 2.24) is 9.55 Å². The Morgan fingerprint density at radius 2 is 2.07 bits per heavy atom. The number of fused-ring (bicyclic) bond motifs is 1. The molecule has 148 valence electrons. The Balaban J connectivity index is 1.89. The van der Waals surface area contributed by atoms with Crippen LogP contribution < -0.4 is 5.56 Å². The van der Waals surface area contributed by atoms with Crippen molar-refractivity contribution in [3.8, 4) is 11.4 Å². The van der Waals surface area contributed by atoms with E-state index in [1.54, 1.807) is 28.0 Å². The van der Waals surface area contributed by atoms with Crippen LogP contribution in [0.5, 0.6) is 0 Å². The zero-order valence-corrected chi connectivity index (χ0v) is 17.2. The predicted molar refractivity (Wildman–Crippen MR) is 113 cm³/mol. The lowest BCUT2D eigenvalue weighted by Gasteiger charge is -2.12. The molecule has 0 saturated heterocycles. The molecule has 0 saturated carbocycles. The summed E-state index contributed by atoms with van der Waals surface area (Å²) < 4.78 is 11.9. The van der Waals surface area contributed by atoms with E-state index in [9.17, 15) is 9.59 Å². The smallest absolute Gasteiger partial charge is 0.373 e. The molecule has 0 N–H and O–H groups in total. The third kappa shape index (κ3) is 3.61. The van der Waals surface area contributed by atoms with Crippen molar-refractivity contribution in [3.63, 3.8) is 0 Å². The number of esters is 1. The second-order valence-corrected chi connectivity index (χ2v) is 7.85. The highest BCUT2D eigenvalue weighted by Gasteiger charge is 2.18. The molecular formula is C22H20N2O4S. The Morgan fingerprint density at radius 3 is 2.79 bits per heavy atom. The number of hydrogen-bond donors (Lipinski definition) is 0. The van der Waals surface area contributed by atoms with Crippen LogP contribution in [0.2, 0.25) is 0 Å². The van der Waals surface area contributed by atoms with E-state index >= 15 is 0 Å². The zero-order valence-electron chi connectivity index (χ0n) is 16.4. The third-order valence-corrected chi connectivity index (χ3v) is 5.86. The molecule has 0 bridgehead atoms. The van der Waals surface area contributed by atoms with Gasteiger partial charge in [-0.25, -0.2) is 9.78 Å². The lowest BCUT2D eigenvalue weighted by molar-refractivity contribution is 0.0563. The molecule has 0 spiro atoms. The highest BCUT2D eigenvalue weighted by Crippen LogP contribution is 2.26. The maximum Gasteiger partial charge on any atom is 0.373 e. The van der Waals surface area contributed by atoms with Crippen molar-refractivity contribution < 1.29 is 13.9 Å². The fraction of sp³-hybridized carbons (Fsp3) is 0.227. The van der Waals surface area contributed by atoms with Gasteiger partial charge in [0.15, 0.2) is 0 Å². The second kappa shape index (κ2) is 7.67. The van der Waals surface area contributed by atoms with Crippen molar-refractivity contribution in [2.24, 2.45) is 0 Å². The highest BCUT2D eigenvalue weighted by atomic mass is 32.1. The summed E-state index contributed by atoms with van der Waals surface area (Å²) in [7, 11) is 1.30. The number of thiophene rings is 1. The van der Waals surface area contributed by atoms with E-state index in [0.717, 1.165) is 27.3 Å². The molecule has 4 aromatic rings. The first-order valence-corrected chi connectivity index (χ1v) is 10.1. The first-order valence-electron chi connectivity index (χ1n) is 9.27. The van der Waals surface area contributed by atoms with Gasteiger partial charge in [0.25, 0.3) is 5.56 Å². The molecule has 0 radical (unpaired) electrons. The van der Waals surface area contributed by atoms with E-state index in [1.165, 1.54) is 7.11 Å². The molecule has 3 heterocycles. The summed E-state index contributed by atoms with van der Waals surface area (Å²) in [4.78, 5) is 31.7. The largest absolute Gasteiger partial charge is 0.463 e. The topological polar surface area (TPSA) is 74.3 Å². The molecule has 0 unspecified atom stereocenters. The van der Waals surface area contributed by atoms with Crippen LogP contribution >= 0.6 is 11.3 Å². The summed E-state index contributed by atoms with van der Waals surface area (Å²) in [5, 5.41) is 0.600. The van der Waals surface area contributed by atoms with Crippen LogP contribution in [0.1, 0.15) is 33.7 Å². The number of rotatable bonds is 5. The third-order valence-electron chi connectivity index (χ3n) is 4.69. The van der Waals surface area contributed by atoms with Gasteiger partial charge in [0.2, 0.25) is 5.76 Å². The van der Waals surface area contributed by atoms with Crippen LogP contribution in [0.25, 0.3) is 21.6 Å². The predicted octanol–water partition coefficient (Wildman–Crippen LogP) is 4.42. The van der Waals surface area contributed by atoms with Gasteiger partial charge in [-0.05, 0) is 37.6 Å². The minimum Gasteiger partial charge on any atom is -0.463 e. The summed E-state index contributed by atoms with van der Waals surface area (Å²) in [6.07, 6.45) is 0.848. The molecule has 0 amide bonds. The molecule has 0 atom stereocenters. The van der Waals surface area contributed by atoms with Gasteiger partial charge in [-0.15, -0.1) is 11.3 Å². The SMILES string of the molecule is CCc1cc2c(=O)n(Cc3ccc(C(=O)OC)o3)c(-c3cccc(C)c3)nc2s1. The number of benzene rings is 1. The van der Waals surface area contributed by atoms with E-state index in [0.29, 0.717) is 17.0 Å². The monoisotopic (exact) mass is 408 g/mol. The van der Waals surface area contributed by atoms with Gasteiger partial charge in [0.1, 0.15) is 16.4 Å². The molecule has 29 heavy (non-hydrogen) atoms. The fourth-order valence-electron chi connectivity index (χ4n) is 3.22. The first kappa shape index (κ1) is 19.1. The van der Waals surface area contributed by atoms with Crippen LogP contribution in [0.15, 0.2) is 51.7 Å². The quantitative estimate of drug-likeness (QED) is 0.457. The van der Waals surface area contributed by atoms with Crippen LogP contribution in [0.4, 0.5) is 0 Å². The Hall–Kier alpha value is -3.19. The number of furan rings is 1. The summed E-state index contributed by atoms with van der Waals surface area (Å²) in [5.41, 5.74) is 1.81. The highest BCUT2D eigenvalue weighted by molar-refractivity contribution is 7.18. The maximum atomic E-state index is 13.3. The normalized spacial score (nSPS) is 11.1. The number of aromatic nitrogens is 2. The zero-order chi connectivity index (χ0) is 20.5. The molecular weight excluding hydrogens is 388 g/mol. The van der Waals surface area contributed by atoms with Crippen LogP contribution in [-0.2, 0) is 17.7 Å². The molecule has 3 aromatic heterocycles. The van der Waals surface area contributed by atoms with Gasteiger partial charge in [0, 0.05) is 10.4 Å². The van der Waals surface area contributed by atoms with Gasteiger partial charge in [-0.2, -0.15) is 0 Å². The summed E-state index contributed by atoms with van der Waals surface area (Å²) in [6, 6.07) is 13.0. The summed E-state index contributed by atoms with van der Waals surface area (Å²) in [5.74, 6) is 0.604. The second-order valence-electron chi connectivity index (χ2n) is 6.74. The Kier molecular flexibility index (Phi) is 5.07.